The van der Waals surface area contributed by atoms with E-state index in [1.165, 1.54) is 4.90 Å². The van der Waals surface area contributed by atoms with E-state index in [9.17, 15) is 23.5 Å². The minimum Gasteiger partial charge on any atom is -0.477 e. The molecular weight excluding hydrogens is 379 g/mol. The molecule has 1 aromatic heterocycles. The number of morpholine rings is 1. The van der Waals surface area contributed by atoms with Crippen molar-refractivity contribution in [2.24, 2.45) is 0 Å². The van der Waals surface area contributed by atoms with Crippen LogP contribution in [0.15, 0.2) is 17.1 Å². The van der Waals surface area contributed by atoms with Crippen molar-refractivity contribution in [3.05, 3.63) is 39.7 Å². The number of pyridine rings is 1. The number of hydrogen-bond acceptors (Lipinski definition) is 5. The lowest BCUT2D eigenvalue weighted by Gasteiger charge is -2.35. The zero-order valence-corrected chi connectivity index (χ0v) is 15.2. The maximum absolute atomic E-state index is 15.4. The molecule has 1 aromatic carbocycles. The molecule has 0 bridgehead atoms. The Labute approximate surface area is 158 Å². The van der Waals surface area contributed by atoms with Crippen LogP contribution in [0.5, 0.6) is 0 Å². The Balaban J connectivity index is 2.21. The molecule has 10 heteroatoms. The number of carboxylic acids is 1. The van der Waals surface area contributed by atoms with Gasteiger partial charge in [0.15, 0.2) is 5.82 Å². The lowest BCUT2D eigenvalue weighted by molar-refractivity contribution is 0.0417. The summed E-state index contributed by atoms with van der Waals surface area (Å²) >= 11 is 0. The van der Waals surface area contributed by atoms with E-state index in [1.807, 2.05) is 0 Å². The van der Waals surface area contributed by atoms with E-state index < -0.39 is 40.7 Å². The first-order valence-electron chi connectivity index (χ1n) is 8.74. The number of benzene rings is 1. The van der Waals surface area contributed by atoms with Gasteiger partial charge in [-0.3, -0.25) is 4.79 Å². The molecule has 1 fully saturated rings. The van der Waals surface area contributed by atoms with Crippen LogP contribution < -0.4 is 15.6 Å². The van der Waals surface area contributed by atoms with E-state index in [1.54, 1.807) is 7.05 Å². The molecule has 1 atom stereocenters. The van der Waals surface area contributed by atoms with Crippen molar-refractivity contribution in [2.75, 3.05) is 44.9 Å². The zero-order chi connectivity index (χ0) is 20.4. The van der Waals surface area contributed by atoms with Crippen LogP contribution in [-0.4, -0.2) is 61.7 Å². The second-order valence-electron chi connectivity index (χ2n) is 6.47. The highest BCUT2D eigenvalue weighted by Gasteiger charge is 2.28. The molecule has 0 aliphatic carbocycles. The first-order chi connectivity index (χ1) is 13.4. The van der Waals surface area contributed by atoms with Gasteiger partial charge in [-0.1, -0.05) is 0 Å². The molecule has 0 amide bonds. The molecule has 1 saturated heterocycles. The Morgan fingerprint density at radius 3 is 2.82 bits per heavy atom. The highest BCUT2D eigenvalue weighted by atomic mass is 19.1. The van der Waals surface area contributed by atoms with Gasteiger partial charge in [0.2, 0.25) is 5.43 Å². The van der Waals surface area contributed by atoms with Gasteiger partial charge in [-0.2, -0.15) is 0 Å². The van der Waals surface area contributed by atoms with Crippen LogP contribution in [0.25, 0.3) is 10.9 Å². The monoisotopic (exact) mass is 399 g/mol. The molecule has 1 aliphatic heterocycles. The molecule has 0 radical (unpaired) electrons. The van der Waals surface area contributed by atoms with Gasteiger partial charge in [-0.15, -0.1) is 0 Å². The number of nitrogens with zero attached hydrogens (tertiary/aromatic N) is 2. The summed E-state index contributed by atoms with van der Waals surface area (Å²) in [7, 11) is 1.73. The highest BCUT2D eigenvalue weighted by molar-refractivity contribution is 5.93. The molecular formula is C18H20F3N3O4. The molecule has 152 valence electrons. The molecule has 7 nitrogen and oxygen atoms in total. The number of hydrogen-bond donors (Lipinski definition) is 2. The molecule has 2 heterocycles. The number of aromatic nitrogens is 1. The number of nitrogens with one attached hydrogen (secondary N) is 1. The average Bonchev–Trinajstić information content (AvgIpc) is 2.64. The maximum atomic E-state index is 15.4. The van der Waals surface area contributed by atoms with Crippen LogP contribution in [0.1, 0.15) is 10.4 Å². The fourth-order valence-corrected chi connectivity index (χ4v) is 3.46. The predicted octanol–water partition coefficient (Wildman–Crippen LogP) is 1.37. The number of fused-ring (bicyclic) bond motifs is 1. The minimum atomic E-state index is -1.55. The lowest BCUT2D eigenvalue weighted by Crippen LogP contribution is -2.47. The van der Waals surface area contributed by atoms with Gasteiger partial charge in [0.1, 0.15) is 23.7 Å². The summed E-state index contributed by atoms with van der Waals surface area (Å²) < 4.78 is 49.7. The Morgan fingerprint density at radius 1 is 1.43 bits per heavy atom. The number of ether oxygens (including phenoxy) is 1. The van der Waals surface area contributed by atoms with E-state index in [0.717, 1.165) is 16.8 Å². The van der Waals surface area contributed by atoms with Gasteiger partial charge in [0, 0.05) is 25.8 Å². The number of carbonyl (C=O) groups is 1. The molecule has 0 spiro atoms. The first-order valence-corrected chi connectivity index (χ1v) is 8.74. The van der Waals surface area contributed by atoms with Crippen molar-refractivity contribution in [3.8, 4) is 0 Å². The topological polar surface area (TPSA) is 83.8 Å². The van der Waals surface area contributed by atoms with Crippen LogP contribution in [0.4, 0.5) is 18.9 Å². The molecule has 0 saturated carbocycles. The lowest BCUT2D eigenvalue weighted by atomic mass is 10.1. The molecule has 2 N–H and O–H groups in total. The number of halogens is 3. The summed E-state index contributed by atoms with van der Waals surface area (Å²) in [6.07, 6.45) is 0.608. The number of likely N-dealkylation sites (N-methyl/N-ethyl adjacent to an activating group) is 1. The summed E-state index contributed by atoms with van der Waals surface area (Å²) in [5.41, 5.74) is -2.35. The van der Waals surface area contributed by atoms with Crippen LogP contribution in [0.3, 0.4) is 0 Å². The number of anilines is 1. The van der Waals surface area contributed by atoms with Crippen LogP contribution >= 0.6 is 0 Å². The fourth-order valence-electron chi connectivity index (χ4n) is 3.46. The van der Waals surface area contributed by atoms with Crippen LogP contribution in [0, 0.1) is 11.6 Å². The number of aromatic carboxylic acids is 1. The van der Waals surface area contributed by atoms with Gasteiger partial charge in [0.05, 0.1) is 30.2 Å². The van der Waals surface area contributed by atoms with Gasteiger partial charge < -0.3 is 24.6 Å². The van der Waals surface area contributed by atoms with Crippen LogP contribution in [-0.2, 0) is 11.3 Å². The Hall–Kier alpha value is -2.59. The van der Waals surface area contributed by atoms with Gasteiger partial charge >= 0.3 is 5.97 Å². The standard InChI is InChI=1S/C18H20F3N3O4/c1-22-7-10-8-24(4-5-28-10)16-13(20)6-11-15(14(16)21)23(3-2-19)9-12(17(11)25)18(26)27/h6,9-10,22H,2-5,7-8H2,1H3,(H,26,27). The Bertz CT molecular complexity index is 961. The number of rotatable bonds is 6. The molecule has 1 aliphatic rings. The quantitative estimate of drug-likeness (QED) is 0.764. The molecule has 3 rings (SSSR count). The average molecular weight is 399 g/mol. The zero-order valence-electron chi connectivity index (χ0n) is 15.2. The van der Waals surface area contributed by atoms with Gasteiger partial charge in [0.25, 0.3) is 0 Å². The normalized spacial score (nSPS) is 17.3. The number of aryl methyl sites for hydroxylation is 1. The predicted molar refractivity (Wildman–Crippen MR) is 96.9 cm³/mol. The summed E-state index contributed by atoms with van der Waals surface area (Å²) in [6, 6.07) is 0.819. The molecule has 1 unspecified atom stereocenters. The highest BCUT2D eigenvalue weighted by Crippen LogP contribution is 2.31. The maximum Gasteiger partial charge on any atom is 0.341 e. The molecule has 28 heavy (non-hydrogen) atoms. The van der Waals surface area contributed by atoms with Crippen molar-refractivity contribution in [2.45, 2.75) is 12.6 Å². The summed E-state index contributed by atoms with van der Waals surface area (Å²) in [4.78, 5) is 25.2. The first kappa shape index (κ1) is 20.2. The van der Waals surface area contributed by atoms with Crippen molar-refractivity contribution >= 4 is 22.6 Å². The van der Waals surface area contributed by atoms with E-state index >= 15 is 4.39 Å². The number of carboxylic acid groups (broad SMARTS) is 1. The van der Waals surface area contributed by atoms with Crippen LogP contribution in [0.2, 0.25) is 0 Å². The summed E-state index contributed by atoms with van der Waals surface area (Å²) in [5.74, 6) is -3.56. The molecule has 2 aromatic rings. The Morgan fingerprint density at radius 2 is 2.18 bits per heavy atom. The third-order valence-corrected chi connectivity index (χ3v) is 4.67. The van der Waals surface area contributed by atoms with Gasteiger partial charge in [-0.05, 0) is 13.1 Å². The van der Waals surface area contributed by atoms with Crippen molar-refractivity contribution in [3.63, 3.8) is 0 Å². The van der Waals surface area contributed by atoms with E-state index in [-0.39, 0.29) is 43.5 Å². The van der Waals surface area contributed by atoms with Crippen molar-refractivity contribution in [1.29, 1.82) is 0 Å². The SMILES string of the molecule is CNCC1CN(c2c(F)cc3c(=O)c(C(=O)O)cn(CCF)c3c2F)CCO1. The van der Waals surface area contributed by atoms with E-state index in [0.29, 0.717) is 6.54 Å². The third-order valence-electron chi connectivity index (χ3n) is 4.67. The fraction of sp³-hybridized carbons (Fsp3) is 0.444. The minimum absolute atomic E-state index is 0.223. The second-order valence-corrected chi connectivity index (χ2v) is 6.47. The smallest absolute Gasteiger partial charge is 0.341 e. The second kappa shape index (κ2) is 8.19. The third kappa shape index (κ3) is 3.57. The van der Waals surface area contributed by atoms with Crippen molar-refractivity contribution < 1.29 is 27.8 Å². The van der Waals surface area contributed by atoms with Crippen molar-refractivity contribution in [1.82, 2.24) is 9.88 Å². The van der Waals surface area contributed by atoms with E-state index in [4.69, 9.17) is 4.74 Å². The Kier molecular flexibility index (Phi) is 5.90. The summed E-state index contributed by atoms with van der Waals surface area (Å²) in [6.45, 7) is -0.0727. The summed E-state index contributed by atoms with van der Waals surface area (Å²) in [5, 5.41) is 11.7. The van der Waals surface area contributed by atoms with Gasteiger partial charge in [-0.25, -0.2) is 18.0 Å². The van der Waals surface area contributed by atoms with E-state index in [2.05, 4.69) is 5.32 Å². The number of alkyl halides is 1. The largest absolute Gasteiger partial charge is 0.477 e.